The number of rotatable bonds is 5. The van der Waals surface area contributed by atoms with Crippen LogP contribution in [0.25, 0.3) is 17.4 Å². The number of amides is 2. The number of benzene rings is 2. The van der Waals surface area contributed by atoms with Gasteiger partial charge in [-0.1, -0.05) is 29.8 Å². The van der Waals surface area contributed by atoms with Crippen LogP contribution in [-0.2, 0) is 14.3 Å². The number of aryl methyl sites for hydroxylation is 1. The zero-order chi connectivity index (χ0) is 22.8. The van der Waals surface area contributed by atoms with Gasteiger partial charge in [0.25, 0.3) is 11.8 Å². The molecular formula is C24H19ClN2O5. The van der Waals surface area contributed by atoms with E-state index in [0.29, 0.717) is 34.4 Å². The monoisotopic (exact) mass is 450 g/mol. The molecule has 0 radical (unpaired) electrons. The molecule has 0 atom stereocenters. The first-order valence-electron chi connectivity index (χ1n) is 9.88. The third kappa shape index (κ3) is 4.15. The Morgan fingerprint density at radius 1 is 1.12 bits per heavy atom. The highest BCUT2D eigenvalue weighted by molar-refractivity contribution is 6.33. The highest BCUT2D eigenvalue weighted by atomic mass is 35.5. The van der Waals surface area contributed by atoms with E-state index in [4.69, 9.17) is 20.8 Å². The van der Waals surface area contributed by atoms with Crippen molar-refractivity contribution < 1.29 is 23.5 Å². The summed E-state index contributed by atoms with van der Waals surface area (Å²) in [5.74, 6) is -0.568. The van der Waals surface area contributed by atoms with E-state index in [0.717, 1.165) is 16.1 Å². The third-order valence-corrected chi connectivity index (χ3v) is 5.31. The number of hydrogen-bond acceptors (Lipinski definition) is 5. The molecule has 2 heterocycles. The lowest BCUT2D eigenvalue weighted by Gasteiger charge is -2.15. The summed E-state index contributed by atoms with van der Waals surface area (Å²) < 4.78 is 10.8. The lowest BCUT2D eigenvalue weighted by molar-refractivity contribution is -0.117. The molecule has 32 heavy (non-hydrogen) atoms. The Labute approximate surface area is 189 Å². The summed E-state index contributed by atoms with van der Waals surface area (Å²) in [5, 5.41) is 1.64. The molecule has 1 aliphatic heterocycles. The maximum atomic E-state index is 12.8. The fourth-order valence-corrected chi connectivity index (χ4v) is 3.35. The van der Waals surface area contributed by atoms with Crippen LogP contribution in [0.1, 0.15) is 28.6 Å². The zero-order valence-electron chi connectivity index (χ0n) is 17.3. The first kappa shape index (κ1) is 21.4. The smallest absolute Gasteiger partial charge is 0.338 e. The van der Waals surface area contributed by atoms with Gasteiger partial charge in [-0.05, 0) is 61.9 Å². The van der Waals surface area contributed by atoms with Crippen LogP contribution in [0.2, 0.25) is 5.02 Å². The van der Waals surface area contributed by atoms with Crippen molar-refractivity contribution in [3.05, 3.63) is 82.1 Å². The molecule has 0 spiro atoms. The summed E-state index contributed by atoms with van der Waals surface area (Å²) in [6.45, 7) is 3.90. The van der Waals surface area contributed by atoms with Crippen molar-refractivity contribution in [3.8, 4) is 11.3 Å². The summed E-state index contributed by atoms with van der Waals surface area (Å²) in [7, 11) is 0. The van der Waals surface area contributed by atoms with Crippen molar-refractivity contribution in [2.75, 3.05) is 11.6 Å². The predicted octanol–water partition coefficient (Wildman–Crippen LogP) is 4.55. The lowest BCUT2D eigenvalue weighted by Crippen LogP contribution is -2.35. The second-order valence-corrected chi connectivity index (χ2v) is 7.48. The van der Waals surface area contributed by atoms with E-state index in [-0.39, 0.29) is 5.57 Å². The van der Waals surface area contributed by atoms with Crippen molar-refractivity contribution in [2.45, 2.75) is 13.8 Å². The topological polar surface area (TPSA) is 88.9 Å². The first-order chi connectivity index (χ1) is 15.4. The fraction of sp³-hybridized carbons (Fsp3) is 0.125. The molecule has 8 heteroatoms. The van der Waals surface area contributed by atoms with Gasteiger partial charge in [-0.15, -0.1) is 0 Å². The first-order valence-corrected chi connectivity index (χ1v) is 10.3. The maximum absolute atomic E-state index is 12.8. The van der Waals surface area contributed by atoms with Crippen molar-refractivity contribution in [3.63, 3.8) is 0 Å². The number of carbonyl (C=O) groups is 3. The second-order valence-electron chi connectivity index (χ2n) is 7.07. The van der Waals surface area contributed by atoms with Crippen LogP contribution >= 0.6 is 11.6 Å². The molecule has 4 rings (SSSR count). The average Bonchev–Trinajstić information content (AvgIpc) is 3.36. The average molecular weight is 451 g/mol. The van der Waals surface area contributed by atoms with Gasteiger partial charge in [0.05, 0.1) is 17.9 Å². The molecule has 0 unspecified atom stereocenters. The molecule has 3 aromatic rings. The third-order valence-electron chi connectivity index (χ3n) is 4.90. The maximum Gasteiger partial charge on any atom is 0.338 e. The minimum atomic E-state index is -0.538. The van der Waals surface area contributed by atoms with Crippen LogP contribution in [0.15, 0.2) is 64.6 Å². The molecular weight excluding hydrogens is 432 g/mol. The second kappa shape index (κ2) is 8.72. The molecule has 1 fully saturated rings. The Morgan fingerprint density at radius 2 is 1.88 bits per heavy atom. The zero-order valence-corrected chi connectivity index (χ0v) is 18.1. The molecule has 2 aromatic carbocycles. The standard InChI is InChI=1S/C24H19ClN2O5/c1-3-31-24(30)16-7-5-15(6-8-16)21-11-10-18(32-21)13-19-22(28)26-27(23(19)29)17-9-4-14(2)20(25)12-17/h4-13H,3H2,1-2H3,(H,26,28)/b19-13+. The summed E-state index contributed by atoms with van der Waals surface area (Å²) >= 11 is 6.14. The summed E-state index contributed by atoms with van der Waals surface area (Å²) in [6.07, 6.45) is 1.39. The van der Waals surface area contributed by atoms with Crippen LogP contribution in [0.3, 0.4) is 0 Å². The normalized spacial score (nSPS) is 14.7. The summed E-state index contributed by atoms with van der Waals surface area (Å²) in [4.78, 5) is 37.0. The number of ether oxygens (including phenoxy) is 1. The van der Waals surface area contributed by atoms with Gasteiger partial charge in [0.2, 0.25) is 0 Å². The van der Waals surface area contributed by atoms with E-state index in [2.05, 4.69) is 5.43 Å². The van der Waals surface area contributed by atoms with Crippen molar-refractivity contribution in [1.82, 2.24) is 5.43 Å². The number of halogens is 1. The Morgan fingerprint density at radius 3 is 2.56 bits per heavy atom. The van der Waals surface area contributed by atoms with Crippen LogP contribution in [0.4, 0.5) is 5.69 Å². The predicted molar refractivity (Wildman–Crippen MR) is 120 cm³/mol. The number of nitrogens with zero attached hydrogens (tertiary/aromatic N) is 1. The largest absolute Gasteiger partial charge is 0.462 e. The Kier molecular flexibility index (Phi) is 5.83. The number of hydrazine groups is 1. The Bertz CT molecular complexity index is 1240. The molecule has 162 valence electrons. The SMILES string of the molecule is CCOC(=O)c1ccc(-c2ccc(/C=C3\C(=O)NN(c4ccc(C)c(Cl)c4)C3=O)o2)cc1. The van der Waals surface area contributed by atoms with Crippen LogP contribution < -0.4 is 10.4 Å². The quantitative estimate of drug-likeness (QED) is 0.350. The molecule has 1 saturated heterocycles. The summed E-state index contributed by atoms with van der Waals surface area (Å²) in [6, 6.07) is 15.2. The van der Waals surface area contributed by atoms with Crippen molar-refractivity contribution >= 4 is 41.1 Å². The van der Waals surface area contributed by atoms with Gasteiger partial charge < -0.3 is 9.15 Å². The minimum absolute atomic E-state index is 0.0553. The van der Waals surface area contributed by atoms with Crippen molar-refractivity contribution in [2.24, 2.45) is 0 Å². The number of carbonyl (C=O) groups excluding carboxylic acids is 3. The molecule has 1 aliphatic rings. The molecule has 2 amide bonds. The van der Waals surface area contributed by atoms with Crippen LogP contribution in [0, 0.1) is 6.92 Å². The van der Waals surface area contributed by atoms with Gasteiger partial charge in [0.1, 0.15) is 17.1 Å². The number of esters is 1. The van der Waals surface area contributed by atoms with Gasteiger partial charge in [0, 0.05) is 10.6 Å². The lowest BCUT2D eigenvalue weighted by atomic mass is 10.1. The molecule has 1 N–H and O–H groups in total. The molecule has 1 aromatic heterocycles. The van der Waals surface area contributed by atoms with Gasteiger partial charge in [-0.3, -0.25) is 15.0 Å². The minimum Gasteiger partial charge on any atom is -0.462 e. The molecule has 0 aliphatic carbocycles. The number of nitrogens with one attached hydrogen (secondary N) is 1. The number of hydrogen-bond donors (Lipinski definition) is 1. The highest BCUT2D eigenvalue weighted by Crippen LogP contribution is 2.28. The van der Waals surface area contributed by atoms with Gasteiger partial charge >= 0.3 is 5.97 Å². The van der Waals surface area contributed by atoms with Crippen molar-refractivity contribution in [1.29, 1.82) is 0 Å². The van der Waals surface area contributed by atoms with E-state index in [1.165, 1.54) is 6.08 Å². The number of anilines is 1. The van der Waals surface area contributed by atoms with E-state index in [9.17, 15) is 14.4 Å². The molecule has 0 saturated carbocycles. The van der Waals surface area contributed by atoms with E-state index in [1.54, 1.807) is 61.5 Å². The van der Waals surface area contributed by atoms with E-state index < -0.39 is 17.8 Å². The Hall–Kier alpha value is -3.84. The van der Waals surface area contributed by atoms with E-state index in [1.807, 2.05) is 6.92 Å². The van der Waals surface area contributed by atoms with Crippen LogP contribution in [-0.4, -0.2) is 24.4 Å². The number of furan rings is 1. The Balaban J connectivity index is 1.55. The van der Waals surface area contributed by atoms with Crippen LogP contribution in [0.5, 0.6) is 0 Å². The molecule has 0 bridgehead atoms. The van der Waals surface area contributed by atoms with Gasteiger partial charge in [0.15, 0.2) is 0 Å². The fourth-order valence-electron chi connectivity index (χ4n) is 3.17. The van der Waals surface area contributed by atoms with E-state index >= 15 is 0 Å². The summed E-state index contributed by atoms with van der Waals surface area (Å²) in [5.41, 5.74) is 4.98. The molecule has 7 nitrogen and oxygen atoms in total. The van der Waals surface area contributed by atoms with Gasteiger partial charge in [-0.2, -0.15) is 0 Å². The van der Waals surface area contributed by atoms with Gasteiger partial charge in [-0.25, -0.2) is 9.80 Å². The highest BCUT2D eigenvalue weighted by Gasteiger charge is 2.35.